The molecule has 2 bridgehead atoms. The van der Waals surface area contributed by atoms with Gasteiger partial charge in [0.15, 0.2) is 11.0 Å². The lowest BCUT2D eigenvalue weighted by Gasteiger charge is -2.40. The van der Waals surface area contributed by atoms with E-state index in [1.165, 1.54) is 16.7 Å². The quantitative estimate of drug-likeness (QED) is 0.517. The number of hydrogen-bond acceptors (Lipinski definition) is 7. The van der Waals surface area contributed by atoms with Crippen molar-refractivity contribution in [1.82, 2.24) is 24.8 Å². The molecule has 2 aromatic heterocycles. The Morgan fingerprint density at radius 2 is 2.09 bits per heavy atom. The van der Waals surface area contributed by atoms with Crippen LogP contribution in [-0.2, 0) is 0 Å². The van der Waals surface area contributed by atoms with Gasteiger partial charge in [-0.25, -0.2) is 14.2 Å². The van der Waals surface area contributed by atoms with Crippen molar-refractivity contribution < 1.29 is 19.0 Å². The number of ether oxygens (including phenoxy) is 1. The van der Waals surface area contributed by atoms with Gasteiger partial charge in [0.25, 0.3) is 0 Å². The number of rotatable bonds is 4. The number of nitrogens with zero attached hydrogens (tertiary/aromatic N) is 6. The third kappa shape index (κ3) is 3.38. The molecule has 0 saturated carbocycles. The summed E-state index contributed by atoms with van der Waals surface area (Å²) >= 11 is 5.97. The predicted molar refractivity (Wildman–Crippen MR) is 124 cm³/mol. The van der Waals surface area contributed by atoms with Gasteiger partial charge < -0.3 is 14.7 Å². The highest BCUT2D eigenvalue weighted by Gasteiger charge is 2.47. The van der Waals surface area contributed by atoms with Gasteiger partial charge in [-0.2, -0.15) is 9.97 Å². The Bertz CT molecular complexity index is 1180. The van der Waals surface area contributed by atoms with Crippen molar-refractivity contribution in [2.45, 2.75) is 49.7 Å². The number of carboxylic acid groups (broad SMARTS) is 1. The zero-order valence-corrected chi connectivity index (χ0v) is 19.5. The molecular weight excluding hydrogens is 463 g/mol. The normalized spacial score (nSPS) is 28.7. The van der Waals surface area contributed by atoms with Gasteiger partial charge in [-0.1, -0.05) is 23.8 Å². The van der Waals surface area contributed by atoms with Gasteiger partial charge in [0.05, 0.1) is 23.0 Å². The molecule has 0 aromatic carbocycles. The first kappa shape index (κ1) is 21.8. The monoisotopic (exact) mass is 488 g/mol. The summed E-state index contributed by atoms with van der Waals surface area (Å²) in [5.41, 5.74) is 1.14. The number of anilines is 1. The number of carbonyl (C=O) groups is 1. The zero-order chi connectivity index (χ0) is 23.6. The van der Waals surface area contributed by atoms with E-state index in [-0.39, 0.29) is 34.3 Å². The number of amides is 1. The summed E-state index contributed by atoms with van der Waals surface area (Å²) in [4.78, 5) is 30.7. The topological polar surface area (TPSA) is 94.9 Å². The van der Waals surface area contributed by atoms with Crippen molar-refractivity contribution in [3.05, 3.63) is 29.3 Å². The first-order valence-electron chi connectivity index (χ1n) is 11.7. The SMILES string of the molecule is C=C1CN2CCCC2(COc2nc(N3C[C@H]4CC[C@@H](C3)N4C(=O)O)c3cnc(Cl)c(F)c3n2)C1. The van der Waals surface area contributed by atoms with Crippen LogP contribution in [0.15, 0.2) is 18.3 Å². The molecule has 1 amide bonds. The minimum Gasteiger partial charge on any atom is -0.465 e. The lowest BCUT2D eigenvalue weighted by molar-refractivity contribution is 0.107. The smallest absolute Gasteiger partial charge is 0.407 e. The summed E-state index contributed by atoms with van der Waals surface area (Å²) in [6.07, 6.45) is 5.15. The van der Waals surface area contributed by atoms with Crippen LogP contribution in [0.1, 0.15) is 32.1 Å². The van der Waals surface area contributed by atoms with Crippen molar-refractivity contribution in [3.8, 4) is 6.01 Å². The molecule has 1 unspecified atom stereocenters. The molecule has 6 rings (SSSR count). The van der Waals surface area contributed by atoms with E-state index in [9.17, 15) is 9.90 Å². The van der Waals surface area contributed by atoms with Crippen LogP contribution in [0.4, 0.5) is 15.0 Å². The van der Waals surface area contributed by atoms with E-state index in [1.54, 1.807) is 0 Å². The Labute approximate surface area is 201 Å². The maximum absolute atomic E-state index is 15.0. The minimum absolute atomic E-state index is 0.0598. The predicted octanol–water partition coefficient (Wildman–Crippen LogP) is 3.32. The van der Waals surface area contributed by atoms with Crippen molar-refractivity contribution in [2.75, 3.05) is 37.7 Å². The Morgan fingerprint density at radius 3 is 2.82 bits per heavy atom. The molecule has 9 nitrogen and oxygen atoms in total. The van der Waals surface area contributed by atoms with Gasteiger partial charge in [-0.3, -0.25) is 9.80 Å². The van der Waals surface area contributed by atoms with Gasteiger partial charge in [0, 0.05) is 25.8 Å². The van der Waals surface area contributed by atoms with Crippen LogP contribution in [0, 0.1) is 5.82 Å². The summed E-state index contributed by atoms with van der Waals surface area (Å²) in [6, 6.07) is -0.173. The molecule has 2 aromatic rings. The van der Waals surface area contributed by atoms with Crippen LogP contribution in [0.3, 0.4) is 0 Å². The van der Waals surface area contributed by atoms with Crippen molar-refractivity contribution in [3.63, 3.8) is 0 Å². The molecule has 0 spiro atoms. The second kappa shape index (κ2) is 7.91. The van der Waals surface area contributed by atoms with Gasteiger partial charge in [0.2, 0.25) is 0 Å². The number of pyridine rings is 1. The fourth-order valence-electron chi connectivity index (χ4n) is 6.34. The molecular formula is C23H26ClFN6O3. The number of hydrogen-bond donors (Lipinski definition) is 1. The Balaban J connectivity index is 1.35. The van der Waals surface area contributed by atoms with Crippen molar-refractivity contribution in [2.24, 2.45) is 0 Å². The maximum atomic E-state index is 15.0. The Kier molecular flexibility index (Phi) is 5.07. The van der Waals surface area contributed by atoms with Gasteiger partial charge >= 0.3 is 12.1 Å². The van der Waals surface area contributed by atoms with E-state index in [2.05, 4.69) is 26.4 Å². The largest absolute Gasteiger partial charge is 0.465 e. The number of piperazine rings is 1. The fourth-order valence-corrected chi connectivity index (χ4v) is 6.48. The van der Waals surface area contributed by atoms with Crippen LogP contribution in [0.5, 0.6) is 6.01 Å². The number of halogens is 2. The van der Waals surface area contributed by atoms with Gasteiger partial charge in [-0.15, -0.1) is 0 Å². The lowest BCUT2D eigenvalue weighted by Crippen LogP contribution is -2.55. The first-order chi connectivity index (χ1) is 16.3. The molecule has 1 N–H and O–H groups in total. The summed E-state index contributed by atoms with van der Waals surface area (Å²) in [5.74, 6) is -0.212. The van der Waals surface area contributed by atoms with Gasteiger partial charge in [-0.05, 0) is 38.6 Å². The standard InChI is InChI=1S/C23H26ClFN6O3/c1-13-7-23(5-2-6-30(23)9-13)12-34-21-27-18-16(8-26-19(24)17(18)25)20(28-21)29-10-14-3-4-15(11-29)31(14)22(32)33/h8,14-15H,1-7,9-12H2,(H,32,33)/t14-,15+,23?. The molecule has 3 atom stereocenters. The highest BCUT2D eigenvalue weighted by molar-refractivity contribution is 6.30. The fraction of sp³-hybridized carbons (Fsp3) is 0.565. The molecule has 4 aliphatic rings. The van der Waals surface area contributed by atoms with Crippen LogP contribution < -0.4 is 9.64 Å². The lowest BCUT2D eigenvalue weighted by atomic mass is 9.94. The third-order valence-electron chi connectivity index (χ3n) is 7.81. The van der Waals surface area contributed by atoms with E-state index in [0.29, 0.717) is 30.9 Å². The van der Waals surface area contributed by atoms with E-state index in [0.717, 1.165) is 45.2 Å². The Hall–Kier alpha value is -2.72. The van der Waals surface area contributed by atoms with Crippen molar-refractivity contribution >= 4 is 34.4 Å². The van der Waals surface area contributed by atoms with E-state index < -0.39 is 11.9 Å². The van der Waals surface area contributed by atoms with E-state index >= 15 is 4.39 Å². The van der Waals surface area contributed by atoms with Crippen molar-refractivity contribution in [1.29, 1.82) is 0 Å². The summed E-state index contributed by atoms with van der Waals surface area (Å²) in [6.45, 7) is 7.38. The molecule has 4 aliphatic heterocycles. The molecule has 4 fully saturated rings. The van der Waals surface area contributed by atoms with Gasteiger partial charge in [0.1, 0.15) is 17.9 Å². The van der Waals surface area contributed by atoms with Crippen LogP contribution >= 0.6 is 11.6 Å². The molecule has 4 saturated heterocycles. The third-order valence-corrected chi connectivity index (χ3v) is 8.07. The van der Waals surface area contributed by atoms with E-state index in [4.69, 9.17) is 16.3 Å². The Morgan fingerprint density at radius 1 is 1.32 bits per heavy atom. The molecule has 0 radical (unpaired) electrons. The second-order valence-corrected chi connectivity index (χ2v) is 10.3. The summed E-state index contributed by atoms with van der Waals surface area (Å²) in [7, 11) is 0. The molecule has 6 heterocycles. The average molecular weight is 489 g/mol. The molecule has 180 valence electrons. The molecule has 11 heteroatoms. The highest BCUT2D eigenvalue weighted by Crippen LogP contribution is 2.41. The summed E-state index contributed by atoms with van der Waals surface area (Å²) in [5, 5.41) is 9.78. The van der Waals surface area contributed by atoms with Crippen LogP contribution in [0.2, 0.25) is 5.15 Å². The molecule has 34 heavy (non-hydrogen) atoms. The minimum atomic E-state index is -0.901. The summed E-state index contributed by atoms with van der Waals surface area (Å²) < 4.78 is 21.1. The van der Waals surface area contributed by atoms with Crippen LogP contribution in [0.25, 0.3) is 10.9 Å². The van der Waals surface area contributed by atoms with Crippen LogP contribution in [-0.4, -0.2) is 86.4 Å². The van der Waals surface area contributed by atoms with E-state index in [1.807, 2.05) is 4.90 Å². The zero-order valence-electron chi connectivity index (χ0n) is 18.7. The average Bonchev–Trinajstić information content (AvgIpc) is 3.42. The maximum Gasteiger partial charge on any atom is 0.407 e. The molecule has 0 aliphatic carbocycles. The number of fused-ring (bicyclic) bond motifs is 4. The highest BCUT2D eigenvalue weighted by atomic mass is 35.5. The first-order valence-corrected chi connectivity index (χ1v) is 12.0. The second-order valence-electron chi connectivity index (χ2n) is 9.90. The number of aromatic nitrogens is 3.